The predicted octanol–water partition coefficient (Wildman–Crippen LogP) is 2.94. The third kappa shape index (κ3) is 2.50. The van der Waals surface area contributed by atoms with E-state index in [0.29, 0.717) is 16.5 Å². The largest absolute Gasteiger partial charge is 0.316 e. The molecular formula is C12H15ClFN. The molecule has 2 rings (SSSR count). The van der Waals surface area contributed by atoms with Gasteiger partial charge < -0.3 is 5.32 Å². The van der Waals surface area contributed by atoms with E-state index in [-0.39, 0.29) is 5.82 Å². The van der Waals surface area contributed by atoms with Gasteiger partial charge in [-0.2, -0.15) is 0 Å². The van der Waals surface area contributed by atoms with E-state index < -0.39 is 0 Å². The predicted molar refractivity (Wildman–Crippen MR) is 60.8 cm³/mol. The van der Waals surface area contributed by atoms with Crippen molar-refractivity contribution in [3.8, 4) is 0 Å². The van der Waals surface area contributed by atoms with Crippen LogP contribution < -0.4 is 5.32 Å². The molecule has 1 unspecified atom stereocenters. The third-order valence-electron chi connectivity index (χ3n) is 3.03. The van der Waals surface area contributed by atoms with Crippen LogP contribution in [0, 0.1) is 18.7 Å². The molecular weight excluding hydrogens is 213 g/mol. The van der Waals surface area contributed by atoms with Gasteiger partial charge in [0, 0.05) is 10.6 Å². The van der Waals surface area contributed by atoms with Crippen molar-refractivity contribution in [2.75, 3.05) is 13.1 Å². The van der Waals surface area contributed by atoms with Crippen molar-refractivity contribution in [1.29, 1.82) is 0 Å². The Hall–Kier alpha value is -0.600. The maximum absolute atomic E-state index is 13.4. The molecule has 3 heteroatoms. The van der Waals surface area contributed by atoms with Gasteiger partial charge in [0.05, 0.1) is 0 Å². The molecule has 1 aliphatic heterocycles. The molecule has 0 bridgehead atoms. The zero-order valence-electron chi connectivity index (χ0n) is 8.82. The van der Waals surface area contributed by atoms with Crippen LogP contribution in [0.5, 0.6) is 0 Å². The quantitative estimate of drug-likeness (QED) is 0.819. The van der Waals surface area contributed by atoms with Crippen molar-refractivity contribution in [2.24, 2.45) is 5.92 Å². The number of halogens is 2. The van der Waals surface area contributed by atoms with Gasteiger partial charge in [-0.1, -0.05) is 11.6 Å². The highest BCUT2D eigenvalue weighted by Crippen LogP contribution is 2.23. The van der Waals surface area contributed by atoms with Gasteiger partial charge in [0.25, 0.3) is 0 Å². The summed E-state index contributed by atoms with van der Waals surface area (Å²) in [5.74, 6) is 0.437. The lowest BCUT2D eigenvalue weighted by molar-refractivity contribution is 0.571. The minimum atomic E-state index is -0.191. The zero-order chi connectivity index (χ0) is 10.8. The third-order valence-corrected chi connectivity index (χ3v) is 3.42. The fourth-order valence-electron chi connectivity index (χ4n) is 2.04. The van der Waals surface area contributed by atoms with E-state index in [9.17, 15) is 4.39 Å². The van der Waals surface area contributed by atoms with Crippen LogP contribution >= 0.6 is 11.6 Å². The number of nitrogens with one attached hydrogen (secondary N) is 1. The van der Waals surface area contributed by atoms with Gasteiger partial charge in [0.1, 0.15) is 5.82 Å². The summed E-state index contributed by atoms with van der Waals surface area (Å²) in [6.45, 7) is 3.82. The number of benzene rings is 1. The Morgan fingerprint density at radius 1 is 1.53 bits per heavy atom. The van der Waals surface area contributed by atoms with Crippen molar-refractivity contribution >= 4 is 11.6 Å². The molecule has 1 aromatic carbocycles. The monoisotopic (exact) mass is 227 g/mol. The van der Waals surface area contributed by atoms with Gasteiger partial charge in [-0.25, -0.2) is 4.39 Å². The summed E-state index contributed by atoms with van der Waals surface area (Å²) in [6, 6.07) is 3.50. The Morgan fingerprint density at radius 2 is 2.33 bits per heavy atom. The molecule has 1 heterocycles. The first-order valence-electron chi connectivity index (χ1n) is 5.32. The number of hydrogen-bond acceptors (Lipinski definition) is 1. The maximum atomic E-state index is 13.4. The molecule has 0 amide bonds. The first kappa shape index (κ1) is 10.9. The summed E-state index contributed by atoms with van der Waals surface area (Å²) in [7, 11) is 0. The van der Waals surface area contributed by atoms with Gasteiger partial charge in [-0.3, -0.25) is 0 Å². The highest BCUT2D eigenvalue weighted by molar-refractivity contribution is 6.31. The maximum Gasteiger partial charge on any atom is 0.127 e. The molecule has 0 saturated carbocycles. The van der Waals surface area contributed by atoms with Crippen LogP contribution in [0.1, 0.15) is 17.5 Å². The van der Waals surface area contributed by atoms with Gasteiger partial charge in [0.2, 0.25) is 0 Å². The average Bonchev–Trinajstić information content (AvgIpc) is 2.66. The fourth-order valence-corrected chi connectivity index (χ4v) is 2.27. The SMILES string of the molecule is Cc1c(F)cc(CC2CCNC2)cc1Cl. The molecule has 15 heavy (non-hydrogen) atoms. The minimum Gasteiger partial charge on any atom is -0.316 e. The molecule has 1 atom stereocenters. The van der Waals surface area contributed by atoms with Crippen molar-refractivity contribution < 1.29 is 4.39 Å². The van der Waals surface area contributed by atoms with Crippen molar-refractivity contribution in [3.05, 3.63) is 34.1 Å². The molecule has 0 radical (unpaired) electrons. The average molecular weight is 228 g/mol. The molecule has 1 saturated heterocycles. The van der Waals surface area contributed by atoms with Crippen LogP contribution in [-0.4, -0.2) is 13.1 Å². The highest BCUT2D eigenvalue weighted by atomic mass is 35.5. The van der Waals surface area contributed by atoms with Crippen LogP contribution in [0.2, 0.25) is 5.02 Å². The molecule has 1 aliphatic rings. The first-order chi connectivity index (χ1) is 7.16. The van der Waals surface area contributed by atoms with Crippen molar-refractivity contribution in [2.45, 2.75) is 19.8 Å². The summed E-state index contributed by atoms with van der Waals surface area (Å²) in [5, 5.41) is 3.84. The lowest BCUT2D eigenvalue weighted by Crippen LogP contribution is -2.11. The molecule has 82 valence electrons. The van der Waals surface area contributed by atoms with E-state index in [2.05, 4.69) is 5.32 Å². The van der Waals surface area contributed by atoms with E-state index in [4.69, 9.17) is 11.6 Å². The second-order valence-electron chi connectivity index (χ2n) is 4.25. The standard InChI is InChI=1S/C12H15ClFN/c1-8-11(13)5-10(6-12(8)14)4-9-2-3-15-7-9/h5-6,9,15H,2-4,7H2,1H3. The summed E-state index contributed by atoms with van der Waals surface area (Å²) >= 11 is 5.95. The molecule has 1 aromatic rings. The summed E-state index contributed by atoms with van der Waals surface area (Å²) in [4.78, 5) is 0. The normalized spacial score (nSPS) is 20.9. The fraction of sp³-hybridized carbons (Fsp3) is 0.500. The van der Waals surface area contributed by atoms with Gasteiger partial charge >= 0.3 is 0 Å². The molecule has 0 aromatic heterocycles. The van der Waals surface area contributed by atoms with Gasteiger partial charge in [-0.15, -0.1) is 0 Å². The van der Waals surface area contributed by atoms with Crippen LogP contribution in [0.25, 0.3) is 0 Å². The summed E-state index contributed by atoms with van der Waals surface area (Å²) < 4.78 is 13.4. The Kier molecular flexibility index (Phi) is 3.27. The molecule has 1 nitrogen and oxygen atoms in total. The second kappa shape index (κ2) is 4.50. The number of rotatable bonds is 2. The Morgan fingerprint density at radius 3 is 2.93 bits per heavy atom. The summed E-state index contributed by atoms with van der Waals surface area (Å²) in [5.41, 5.74) is 1.56. The van der Waals surface area contributed by atoms with Gasteiger partial charge in [0.15, 0.2) is 0 Å². The van der Waals surface area contributed by atoms with Crippen LogP contribution in [0.4, 0.5) is 4.39 Å². The number of hydrogen-bond donors (Lipinski definition) is 1. The summed E-state index contributed by atoms with van der Waals surface area (Å²) in [6.07, 6.45) is 2.09. The smallest absolute Gasteiger partial charge is 0.127 e. The van der Waals surface area contributed by atoms with E-state index >= 15 is 0 Å². The van der Waals surface area contributed by atoms with Crippen molar-refractivity contribution in [1.82, 2.24) is 5.32 Å². The Balaban J connectivity index is 2.14. The second-order valence-corrected chi connectivity index (χ2v) is 4.65. The van der Waals surface area contributed by atoms with Gasteiger partial charge in [-0.05, 0) is 56.5 Å². The molecule has 0 spiro atoms. The van der Waals surface area contributed by atoms with Crippen LogP contribution in [0.3, 0.4) is 0 Å². The van der Waals surface area contributed by atoms with Crippen molar-refractivity contribution in [3.63, 3.8) is 0 Å². The lowest BCUT2D eigenvalue weighted by Gasteiger charge is -2.10. The molecule has 0 aliphatic carbocycles. The Labute approximate surface area is 94.6 Å². The van der Waals surface area contributed by atoms with E-state index in [0.717, 1.165) is 25.1 Å². The van der Waals surface area contributed by atoms with Crippen LogP contribution in [0.15, 0.2) is 12.1 Å². The zero-order valence-corrected chi connectivity index (χ0v) is 9.57. The van der Waals surface area contributed by atoms with E-state index in [1.54, 1.807) is 13.0 Å². The first-order valence-corrected chi connectivity index (χ1v) is 5.70. The Bertz CT molecular complexity index is 336. The van der Waals surface area contributed by atoms with E-state index in [1.807, 2.05) is 6.07 Å². The molecule has 1 N–H and O–H groups in total. The van der Waals surface area contributed by atoms with E-state index in [1.165, 1.54) is 6.42 Å². The molecule has 1 fully saturated rings. The van der Waals surface area contributed by atoms with Crippen LogP contribution in [-0.2, 0) is 6.42 Å². The lowest BCUT2D eigenvalue weighted by atomic mass is 9.98. The highest BCUT2D eigenvalue weighted by Gasteiger charge is 2.16. The minimum absolute atomic E-state index is 0.191. The topological polar surface area (TPSA) is 12.0 Å².